The van der Waals surface area contributed by atoms with E-state index in [-0.39, 0.29) is 0 Å². The van der Waals surface area contributed by atoms with Gasteiger partial charge in [0.1, 0.15) is 0 Å². The zero-order valence-corrected chi connectivity index (χ0v) is 8.41. The third-order valence-electron chi connectivity index (χ3n) is 2.21. The molecule has 0 aromatic rings. The lowest BCUT2D eigenvalue weighted by Gasteiger charge is -2.13. The zero-order chi connectivity index (χ0) is 8.10. The SMILES string of the molecule is CCCSCC(NC)C1CC1. The molecule has 1 saturated carbocycles. The molecule has 0 heterocycles. The van der Waals surface area contributed by atoms with Crippen LogP contribution in [0, 0.1) is 5.92 Å². The molecule has 0 aliphatic heterocycles. The fourth-order valence-corrected chi connectivity index (χ4v) is 2.46. The van der Waals surface area contributed by atoms with Crippen molar-refractivity contribution in [3.05, 3.63) is 0 Å². The molecule has 0 aromatic heterocycles. The lowest BCUT2D eigenvalue weighted by atomic mass is 10.2. The first-order valence-electron chi connectivity index (χ1n) is 4.63. The highest BCUT2D eigenvalue weighted by atomic mass is 32.2. The van der Waals surface area contributed by atoms with E-state index in [0.717, 1.165) is 12.0 Å². The summed E-state index contributed by atoms with van der Waals surface area (Å²) in [7, 11) is 2.09. The highest BCUT2D eigenvalue weighted by Crippen LogP contribution is 2.33. The first kappa shape index (κ1) is 9.40. The third-order valence-corrected chi connectivity index (χ3v) is 3.50. The van der Waals surface area contributed by atoms with Crippen LogP contribution in [0.4, 0.5) is 0 Å². The van der Waals surface area contributed by atoms with Crippen LogP contribution in [-0.2, 0) is 0 Å². The molecule has 1 rings (SSSR count). The lowest BCUT2D eigenvalue weighted by molar-refractivity contribution is 0.554. The van der Waals surface area contributed by atoms with E-state index in [0.29, 0.717) is 0 Å². The first-order valence-corrected chi connectivity index (χ1v) is 5.79. The Bertz CT molecular complexity index is 102. The van der Waals surface area contributed by atoms with Crippen molar-refractivity contribution >= 4 is 11.8 Å². The maximum atomic E-state index is 3.40. The summed E-state index contributed by atoms with van der Waals surface area (Å²) in [5.74, 6) is 3.64. The van der Waals surface area contributed by atoms with Gasteiger partial charge in [0.2, 0.25) is 0 Å². The molecular weight excluding hydrogens is 154 g/mol. The van der Waals surface area contributed by atoms with E-state index in [1.54, 1.807) is 0 Å². The number of rotatable bonds is 6. The zero-order valence-electron chi connectivity index (χ0n) is 7.60. The largest absolute Gasteiger partial charge is 0.316 e. The molecule has 2 heteroatoms. The summed E-state index contributed by atoms with van der Waals surface area (Å²) in [5, 5.41) is 3.40. The molecule has 1 aliphatic carbocycles. The number of thioether (sulfide) groups is 1. The van der Waals surface area contributed by atoms with Crippen molar-refractivity contribution in [2.24, 2.45) is 5.92 Å². The summed E-state index contributed by atoms with van der Waals surface area (Å²) in [6, 6.07) is 0.798. The van der Waals surface area contributed by atoms with Gasteiger partial charge in [-0.2, -0.15) is 11.8 Å². The Morgan fingerprint density at radius 3 is 2.73 bits per heavy atom. The van der Waals surface area contributed by atoms with Gasteiger partial charge >= 0.3 is 0 Å². The normalized spacial score (nSPS) is 20.2. The Labute approximate surface area is 74.3 Å². The van der Waals surface area contributed by atoms with Crippen molar-refractivity contribution in [1.29, 1.82) is 0 Å². The Balaban J connectivity index is 2.01. The van der Waals surface area contributed by atoms with Crippen LogP contribution in [0.25, 0.3) is 0 Å². The molecule has 0 amide bonds. The minimum atomic E-state index is 0.798. The van der Waals surface area contributed by atoms with Gasteiger partial charge < -0.3 is 5.32 Å². The van der Waals surface area contributed by atoms with E-state index in [1.807, 2.05) is 0 Å². The Kier molecular flexibility index (Phi) is 4.31. The average Bonchev–Trinajstić information content (AvgIpc) is 2.81. The van der Waals surface area contributed by atoms with Gasteiger partial charge in [0, 0.05) is 11.8 Å². The molecule has 1 unspecified atom stereocenters. The van der Waals surface area contributed by atoms with Crippen molar-refractivity contribution in [2.75, 3.05) is 18.6 Å². The maximum Gasteiger partial charge on any atom is 0.0183 e. The fraction of sp³-hybridized carbons (Fsp3) is 1.00. The van der Waals surface area contributed by atoms with E-state index < -0.39 is 0 Å². The predicted molar refractivity (Wildman–Crippen MR) is 53.2 cm³/mol. The molecule has 0 aromatic carbocycles. The van der Waals surface area contributed by atoms with Gasteiger partial charge in [-0.05, 0) is 38.0 Å². The molecule has 1 fully saturated rings. The second-order valence-electron chi connectivity index (χ2n) is 3.31. The van der Waals surface area contributed by atoms with Gasteiger partial charge in [0.05, 0.1) is 0 Å². The molecule has 0 radical (unpaired) electrons. The van der Waals surface area contributed by atoms with Gasteiger partial charge in [0.15, 0.2) is 0 Å². The molecule has 0 spiro atoms. The van der Waals surface area contributed by atoms with Crippen LogP contribution < -0.4 is 5.32 Å². The molecule has 11 heavy (non-hydrogen) atoms. The maximum absolute atomic E-state index is 3.40. The minimum Gasteiger partial charge on any atom is -0.316 e. The standard InChI is InChI=1S/C9H19NS/c1-3-6-11-7-9(10-2)8-4-5-8/h8-10H,3-7H2,1-2H3. The number of hydrogen-bond acceptors (Lipinski definition) is 2. The molecule has 1 nitrogen and oxygen atoms in total. The number of hydrogen-bond donors (Lipinski definition) is 1. The summed E-state index contributed by atoms with van der Waals surface area (Å²) in [4.78, 5) is 0. The fourth-order valence-electron chi connectivity index (χ4n) is 1.31. The van der Waals surface area contributed by atoms with Crippen molar-refractivity contribution in [1.82, 2.24) is 5.32 Å². The van der Waals surface area contributed by atoms with Crippen LogP contribution in [0.5, 0.6) is 0 Å². The summed E-state index contributed by atoms with van der Waals surface area (Å²) >= 11 is 2.09. The van der Waals surface area contributed by atoms with E-state index in [4.69, 9.17) is 0 Å². The van der Waals surface area contributed by atoms with Crippen LogP contribution >= 0.6 is 11.8 Å². The molecule has 1 N–H and O–H groups in total. The highest BCUT2D eigenvalue weighted by Gasteiger charge is 2.29. The van der Waals surface area contributed by atoms with Crippen LogP contribution in [0.2, 0.25) is 0 Å². The Hall–Kier alpha value is 0.310. The molecular formula is C9H19NS. The van der Waals surface area contributed by atoms with Crippen LogP contribution in [0.15, 0.2) is 0 Å². The van der Waals surface area contributed by atoms with Crippen LogP contribution in [0.3, 0.4) is 0 Å². The first-order chi connectivity index (χ1) is 5.38. The second kappa shape index (κ2) is 5.04. The van der Waals surface area contributed by atoms with Gasteiger partial charge in [0.25, 0.3) is 0 Å². The van der Waals surface area contributed by atoms with E-state index >= 15 is 0 Å². The van der Waals surface area contributed by atoms with Gasteiger partial charge in [-0.3, -0.25) is 0 Å². The van der Waals surface area contributed by atoms with Gasteiger partial charge in [-0.15, -0.1) is 0 Å². The summed E-state index contributed by atoms with van der Waals surface area (Å²) in [5.41, 5.74) is 0. The second-order valence-corrected chi connectivity index (χ2v) is 4.46. The molecule has 0 saturated heterocycles. The van der Waals surface area contributed by atoms with Crippen molar-refractivity contribution in [2.45, 2.75) is 32.2 Å². The van der Waals surface area contributed by atoms with Crippen LogP contribution in [0.1, 0.15) is 26.2 Å². The molecule has 1 atom stereocenters. The summed E-state index contributed by atoms with van der Waals surface area (Å²) < 4.78 is 0. The van der Waals surface area contributed by atoms with Gasteiger partial charge in [-0.1, -0.05) is 6.92 Å². The minimum absolute atomic E-state index is 0.798. The van der Waals surface area contributed by atoms with Crippen molar-refractivity contribution in [3.63, 3.8) is 0 Å². The lowest BCUT2D eigenvalue weighted by Crippen LogP contribution is -2.29. The Morgan fingerprint density at radius 2 is 2.27 bits per heavy atom. The average molecular weight is 173 g/mol. The molecule has 1 aliphatic rings. The monoisotopic (exact) mass is 173 g/mol. The van der Waals surface area contributed by atoms with Gasteiger partial charge in [-0.25, -0.2) is 0 Å². The summed E-state index contributed by atoms with van der Waals surface area (Å²) in [6.45, 7) is 2.25. The third kappa shape index (κ3) is 3.48. The molecule has 66 valence electrons. The quantitative estimate of drug-likeness (QED) is 0.618. The molecule has 0 bridgehead atoms. The topological polar surface area (TPSA) is 12.0 Å². The van der Waals surface area contributed by atoms with E-state index in [1.165, 1.54) is 30.8 Å². The van der Waals surface area contributed by atoms with Crippen molar-refractivity contribution < 1.29 is 0 Å². The van der Waals surface area contributed by atoms with Crippen LogP contribution in [-0.4, -0.2) is 24.6 Å². The number of nitrogens with one attached hydrogen (secondary N) is 1. The highest BCUT2D eigenvalue weighted by molar-refractivity contribution is 7.99. The smallest absolute Gasteiger partial charge is 0.0183 e. The van der Waals surface area contributed by atoms with E-state index in [2.05, 4.69) is 31.1 Å². The Morgan fingerprint density at radius 1 is 1.55 bits per heavy atom. The van der Waals surface area contributed by atoms with E-state index in [9.17, 15) is 0 Å². The summed E-state index contributed by atoms with van der Waals surface area (Å²) in [6.07, 6.45) is 4.22. The predicted octanol–water partition coefficient (Wildman–Crippen LogP) is 2.13. The van der Waals surface area contributed by atoms with Crippen molar-refractivity contribution in [3.8, 4) is 0 Å².